The van der Waals surface area contributed by atoms with Crippen LogP contribution in [0.3, 0.4) is 0 Å². The minimum absolute atomic E-state index is 0.272. The van der Waals surface area contributed by atoms with Gasteiger partial charge in [-0.3, -0.25) is 4.79 Å². The summed E-state index contributed by atoms with van der Waals surface area (Å²) in [6, 6.07) is 20.8. The zero-order valence-corrected chi connectivity index (χ0v) is 16.8. The molecule has 1 atom stereocenters. The van der Waals surface area contributed by atoms with Crippen LogP contribution in [0.15, 0.2) is 66.7 Å². The highest BCUT2D eigenvalue weighted by atomic mass is 35.5. The number of nitrogens with one attached hydrogen (secondary N) is 2. The van der Waals surface area contributed by atoms with Gasteiger partial charge < -0.3 is 15.0 Å². The van der Waals surface area contributed by atoms with Gasteiger partial charge in [0.2, 0.25) is 0 Å². The molecule has 0 spiro atoms. The number of carbonyl (C=O) groups is 1. The summed E-state index contributed by atoms with van der Waals surface area (Å²) < 4.78 is 5.79. The molecule has 0 radical (unpaired) electrons. The molecule has 1 heterocycles. The Bertz CT molecular complexity index is 1150. The second-order valence-electron chi connectivity index (χ2n) is 6.83. The molecule has 0 aliphatic carbocycles. The van der Waals surface area contributed by atoms with Crippen molar-refractivity contribution in [1.29, 1.82) is 0 Å². The molecule has 4 aromatic rings. The van der Waals surface area contributed by atoms with Crippen LogP contribution in [0, 0.1) is 6.92 Å². The van der Waals surface area contributed by atoms with Gasteiger partial charge in [-0.15, -0.1) is 0 Å². The molecule has 146 valence electrons. The minimum Gasteiger partial charge on any atom is -0.479 e. The van der Waals surface area contributed by atoms with E-state index in [0.717, 1.165) is 22.2 Å². The zero-order valence-electron chi connectivity index (χ0n) is 16.1. The van der Waals surface area contributed by atoms with Crippen molar-refractivity contribution in [2.45, 2.75) is 20.0 Å². The second kappa shape index (κ2) is 7.97. The van der Waals surface area contributed by atoms with Crippen molar-refractivity contribution in [3.05, 3.63) is 77.3 Å². The van der Waals surface area contributed by atoms with Crippen molar-refractivity contribution in [3.63, 3.8) is 0 Å². The Balaban J connectivity index is 1.56. The molecule has 0 aliphatic heterocycles. The number of amides is 1. The van der Waals surface area contributed by atoms with E-state index < -0.39 is 6.10 Å². The summed E-state index contributed by atoms with van der Waals surface area (Å²) in [7, 11) is 0. The SMILES string of the molecule is Cc1ccc(Cl)c(OC(C)C(=O)Nc2ccccc2-c2nc3ccccc3[nH]2)c1. The van der Waals surface area contributed by atoms with Gasteiger partial charge in [0.05, 0.1) is 21.7 Å². The molecule has 1 amide bonds. The smallest absolute Gasteiger partial charge is 0.265 e. The number of hydrogen-bond donors (Lipinski definition) is 2. The molecule has 0 fully saturated rings. The fraction of sp³-hybridized carbons (Fsp3) is 0.130. The molecular formula is C23H20ClN3O2. The van der Waals surface area contributed by atoms with Crippen LogP contribution >= 0.6 is 11.6 Å². The number of aryl methyl sites for hydroxylation is 1. The minimum atomic E-state index is -0.724. The predicted molar refractivity (Wildman–Crippen MR) is 116 cm³/mol. The lowest BCUT2D eigenvalue weighted by Gasteiger charge is -2.17. The maximum absolute atomic E-state index is 12.8. The average Bonchev–Trinajstić information content (AvgIpc) is 3.15. The number of anilines is 1. The number of para-hydroxylation sites is 3. The Labute approximate surface area is 173 Å². The Morgan fingerprint density at radius 2 is 1.86 bits per heavy atom. The molecular weight excluding hydrogens is 386 g/mol. The predicted octanol–water partition coefficient (Wildman–Crippen LogP) is 5.60. The van der Waals surface area contributed by atoms with Gasteiger partial charge in [0.25, 0.3) is 5.91 Å². The molecule has 4 rings (SSSR count). The van der Waals surface area contributed by atoms with Gasteiger partial charge in [-0.25, -0.2) is 4.98 Å². The first-order chi connectivity index (χ1) is 14.0. The quantitative estimate of drug-likeness (QED) is 0.454. The molecule has 1 aromatic heterocycles. The number of hydrogen-bond acceptors (Lipinski definition) is 3. The molecule has 1 unspecified atom stereocenters. The Hall–Kier alpha value is -3.31. The van der Waals surface area contributed by atoms with Crippen LogP contribution in [0.25, 0.3) is 22.4 Å². The number of carbonyl (C=O) groups excluding carboxylic acids is 1. The second-order valence-corrected chi connectivity index (χ2v) is 7.24. The lowest BCUT2D eigenvalue weighted by atomic mass is 10.1. The van der Waals surface area contributed by atoms with E-state index in [1.807, 2.05) is 67.6 Å². The lowest BCUT2D eigenvalue weighted by Crippen LogP contribution is -2.30. The van der Waals surface area contributed by atoms with Gasteiger partial charge in [-0.2, -0.15) is 0 Å². The highest BCUT2D eigenvalue weighted by molar-refractivity contribution is 6.32. The van der Waals surface area contributed by atoms with E-state index >= 15 is 0 Å². The monoisotopic (exact) mass is 405 g/mol. The molecule has 0 saturated heterocycles. The van der Waals surface area contributed by atoms with Crippen molar-refractivity contribution in [3.8, 4) is 17.1 Å². The average molecular weight is 406 g/mol. The van der Waals surface area contributed by atoms with Crippen molar-refractivity contribution >= 4 is 34.2 Å². The summed E-state index contributed by atoms with van der Waals surface area (Å²) in [5, 5.41) is 3.41. The van der Waals surface area contributed by atoms with Crippen LogP contribution in [0.4, 0.5) is 5.69 Å². The highest BCUT2D eigenvalue weighted by Crippen LogP contribution is 2.29. The number of aromatic amines is 1. The molecule has 5 nitrogen and oxygen atoms in total. The first-order valence-electron chi connectivity index (χ1n) is 9.29. The Morgan fingerprint density at radius 3 is 2.69 bits per heavy atom. The summed E-state index contributed by atoms with van der Waals surface area (Å²) in [4.78, 5) is 20.7. The maximum Gasteiger partial charge on any atom is 0.265 e. The number of halogens is 1. The van der Waals surface area contributed by atoms with Crippen LogP contribution in [-0.2, 0) is 4.79 Å². The fourth-order valence-electron chi connectivity index (χ4n) is 3.06. The first-order valence-corrected chi connectivity index (χ1v) is 9.67. The van der Waals surface area contributed by atoms with E-state index in [1.54, 1.807) is 13.0 Å². The van der Waals surface area contributed by atoms with Gasteiger partial charge >= 0.3 is 0 Å². The summed E-state index contributed by atoms with van der Waals surface area (Å²) in [6.45, 7) is 3.63. The van der Waals surface area contributed by atoms with E-state index in [4.69, 9.17) is 16.3 Å². The molecule has 0 aliphatic rings. The number of benzene rings is 3. The number of fused-ring (bicyclic) bond motifs is 1. The summed E-state index contributed by atoms with van der Waals surface area (Å²) >= 11 is 6.18. The van der Waals surface area contributed by atoms with Gasteiger partial charge in [0, 0.05) is 5.56 Å². The van der Waals surface area contributed by atoms with E-state index in [0.29, 0.717) is 22.3 Å². The molecule has 2 N–H and O–H groups in total. The largest absolute Gasteiger partial charge is 0.479 e. The molecule has 29 heavy (non-hydrogen) atoms. The summed E-state index contributed by atoms with van der Waals surface area (Å²) in [5.74, 6) is 0.906. The van der Waals surface area contributed by atoms with Crippen molar-refractivity contribution in [2.24, 2.45) is 0 Å². The fourth-order valence-corrected chi connectivity index (χ4v) is 3.22. The van der Waals surface area contributed by atoms with E-state index in [2.05, 4.69) is 15.3 Å². The van der Waals surface area contributed by atoms with Crippen LogP contribution in [0.5, 0.6) is 5.75 Å². The van der Waals surface area contributed by atoms with E-state index in [-0.39, 0.29) is 5.91 Å². The molecule has 0 saturated carbocycles. The number of H-pyrrole nitrogens is 1. The number of rotatable bonds is 5. The topological polar surface area (TPSA) is 67.0 Å². The number of imidazole rings is 1. The van der Waals surface area contributed by atoms with Gasteiger partial charge in [-0.1, -0.05) is 41.9 Å². The van der Waals surface area contributed by atoms with Crippen molar-refractivity contribution in [2.75, 3.05) is 5.32 Å². The third-order valence-electron chi connectivity index (χ3n) is 4.59. The highest BCUT2D eigenvalue weighted by Gasteiger charge is 2.19. The lowest BCUT2D eigenvalue weighted by molar-refractivity contribution is -0.122. The van der Waals surface area contributed by atoms with E-state index in [1.165, 1.54) is 0 Å². The Morgan fingerprint density at radius 1 is 1.10 bits per heavy atom. The third-order valence-corrected chi connectivity index (χ3v) is 4.90. The van der Waals surface area contributed by atoms with Crippen LogP contribution in [0.2, 0.25) is 5.02 Å². The normalized spacial score (nSPS) is 12.0. The maximum atomic E-state index is 12.8. The zero-order chi connectivity index (χ0) is 20.4. The van der Waals surface area contributed by atoms with Crippen LogP contribution in [0.1, 0.15) is 12.5 Å². The molecule has 6 heteroatoms. The van der Waals surface area contributed by atoms with Gasteiger partial charge in [0.15, 0.2) is 6.10 Å². The number of ether oxygens (including phenoxy) is 1. The van der Waals surface area contributed by atoms with Crippen LogP contribution in [-0.4, -0.2) is 22.0 Å². The van der Waals surface area contributed by atoms with Crippen LogP contribution < -0.4 is 10.1 Å². The van der Waals surface area contributed by atoms with Gasteiger partial charge in [-0.05, 0) is 55.8 Å². The third kappa shape index (κ3) is 4.10. The standard InChI is InChI=1S/C23H20ClN3O2/c1-14-11-12-17(24)21(13-14)29-15(2)23(28)27-18-8-4-3-7-16(18)22-25-19-9-5-6-10-20(19)26-22/h3-13,15H,1-2H3,(H,25,26)(H,27,28). The first kappa shape index (κ1) is 19.0. The Kier molecular flexibility index (Phi) is 5.23. The van der Waals surface area contributed by atoms with Crippen molar-refractivity contribution < 1.29 is 9.53 Å². The molecule has 3 aromatic carbocycles. The van der Waals surface area contributed by atoms with E-state index in [9.17, 15) is 4.79 Å². The number of nitrogens with zero attached hydrogens (tertiary/aromatic N) is 1. The van der Waals surface area contributed by atoms with Gasteiger partial charge in [0.1, 0.15) is 11.6 Å². The summed E-state index contributed by atoms with van der Waals surface area (Å²) in [6.07, 6.45) is -0.724. The number of aromatic nitrogens is 2. The molecule has 0 bridgehead atoms. The van der Waals surface area contributed by atoms with Crippen molar-refractivity contribution in [1.82, 2.24) is 9.97 Å². The summed E-state index contributed by atoms with van der Waals surface area (Å²) in [5.41, 5.74) is 4.27.